The third-order valence-electron chi connectivity index (χ3n) is 4.19. The maximum Gasteiger partial charge on any atom is 0.175 e. The van der Waals surface area contributed by atoms with Crippen molar-refractivity contribution in [1.29, 1.82) is 0 Å². The van der Waals surface area contributed by atoms with E-state index in [0.29, 0.717) is 0 Å². The second-order valence-electron chi connectivity index (χ2n) is 5.93. The summed E-state index contributed by atoms with van der Waals surface area (Å²) in [6.45, 7) is 0. The summed E-state index contributed by atoms with van der Waals surface area (Å²) in [5, 5.41) is 0. The SMILES string of the molecule is O=C(c1ccccc1)C(c1c(F)c(F)cc(F)c1F)c1c(F)c(F)cc(F)c1F. The van der Waals surface area contributed by atoms with Crippen LogP contribution in [0.2, 0.25) is 0 Å². The highest BCUT2D eigenvalue weighted by Gasteiger charge is 2.38. The van der Waals surface area contributed by atoms with Crippen molar-refractivity contribution in [3.8, 4) is 0 Å². The van der Waals surface area contributed by atoms with Crippen LogP contribution in [0.3, 0.4) is 0 Å². The van der Waals surface area contributed by atoms with Crippen LogP contribution in [-0.2, 0) is 0 Å². The molecule has 0 fully saturated rings. The first-order valence-corrected chi connectivity index (χ1v) is 7.90. The molecule has 3 rings (SSSR count). The minimum atomic E-state index is -2.76. The zero-order chi connectivity index (χ0) is 21.5. The minimum absolute atomic E-state index is 0.183. The van der Waals surface area contributed by atoms with E-state index in [4.69, 9.17) is 0 Å². The molecule has 0 saturated carbocycles. The number of hydrogen-bond acceptors (Lipinski definition) is 1. The summed E-state index contributed by atoms with van der Waals surface area (Å²) in [4.78, 5) is 12.8. The van der Waals surface area contributed by atoms with Crippen LogP contribution in [0.4, 0.5) is 35.1 Å². The Morgan fingerprint density at radius 2 is 0.931 bits per heavy atom. The first kappa shape index (κ1) is 20.5. The summed E-state index contributed by atoms with van der Waals surface area (Å²) in [5.74, 6) is -20.6. The number of halogens is 8. The van der Waals surface area contributed by atoms with E-state index in [-0.39, 0.29) is 17.7 Å². The van der Waals surface area contributed by atoms with Gasteiger partial charge in [0.2, 0.25) is 0 Å². The summed E-state index contributed by atoms with van der Waals surface area (Å²) in [5.41, 5.74) is -3.83. The van der Waals surface area contributed by atoms with E-state index in [9.17, 15) is 39.9 Å². The Bertz CT molecular complexity index is 996. The molecule has 29 heavy (non-hydrogen) atoms. The molecule has 0 aliphatic rings. The normalized spacial score (nSPS) is 11.2. The second kappa shape index (κ2) is 7.65. The van der Waals surface area contributed by atoms with Crippen molar-refractivity contribution < 1.29 is 39.9 Å². The number of benzene rings is 3. The third kappa shape index (κ3) is 3.48. The van der Waals surface area contributed by atoms with E-state index in [1.807, 2.05) is 0 Å². The standard InChI is InChI=1S/C20H8F8O/c21-9-6-10(22)17(26)14(16(9)25)13(20(29)8-4-2-1-3-5-8)15-18(27)11(23)7-12(24)19(15)28/h1-7,13H. The molecule has 0 radical (unpaired) electrons. The highest BCUT2D eigenvalue weighted by molar-refractivity contribution is 6.03. The predicted octanol–water partition coefficient (Wildman–Crippen LogP) is 5.81. The van der Waals surface area contributed by atoms with Gasteiger partial charge in [0.1, 0.15) is 0 Å². The Morgan fingerprint density at radius 1 is 0.586 bits per heavy atom. The molecular formula is C20H8F8O. The zero-order valence-electron chi connectivity index (χ0n) is 14.1. The predicted molar refractivity (Wildman–Crippen MR) is 85.2 cm³/mol. The van der Waals surface area contributed by atoms with E-state index in [2.05, 4.69) is 0 Å². The summed E-state index contributed by atoms with van der Waals surface area (Å²) in [7, 11) is 0. The third-order valence-corrected chi connectivity index (χ3v) is 4.19. The highest BCUT2D eigenvalue weighted by atomic mass is 19.2. The number of ketones is 1. The number of carbonyl (C=O) groups is 1. The van der Waals surface area contributed by atoms with Gasteiger partial charge in [-0.05, 0) is 0 Å². The van der Waals surface area contributed by atoms with Crippen LogP contribution in [-0.4, -0.2) is 5.78 Å². The van der Waals surface area contributed by atoms with E-state index < -0.39 is 69.4 Å². The fourth-order valence-corrected chi connectivity index (χ4v) is 2.87. The van der Waals surface area contributed by atoms with Gasteiger partial charge in [-0.15, -0.1) is 0 Å². The van der Waals surface area contributed by atoms with Crippen LogP contribution in [0.1, 0.15) is 27.4 Å². The average Bonchev–Trinajstić information content (AvgIpc) is 2.70. The lowest BCUT2D eigenvalue weighted by molar-refractivity contribution is 0.0966. The number of hydrogen-bond donors (Lipinski definition) is 0. The molecule has 3 aromatic carbocycles. The van der Waals surface area contributed by atoms with Gasteiger partial charge in [0, 0.05) is 28.8 Å². The van der Waals surface area contributed by atoms with Crippen LogP contribution >= 0.6 is 0 Å². The topological polar surface area (TPSA) is 17.1 Å². The summed E-state index contributed by atoms with van der Waals surface area (Å²) in [6.07, 6.45) is 0. The molecule has 0 N–H and O–H groups in total. The van der Waals surface area contributed by atoms with Crippen molar-refractivity contribution in [1.82, 2.24) is 0 Å². The summed E-state index contributed by atoms with van der Waals surface area (Å²) in [6, 6.07) is 5.77. The average molecular weight is 416 g/mol. The maximum atomic E-state index is 14.4. The molecule has 1 nitrogen and oxygen atoms in total. The Morgan fingerprint density at radius 3 is 1.28 bits per heavy atom. The Labute approximate surface area is 158 Å². The zero-order valence-corrected chi connectivity index (χ0v) is 14.1. The lowest BCUT2D eigenvalue weighted by atomic mass is 9.83. The summed E-state index contributed by atoms with van der Waals surface area (Å²) < 4.78 is 112. The van der Waals surface area contributed by atoms with Gasteiger partial charge in [-0.2, -0.15) is 0 Å². The smallest absolute Gasteiger partial charge is 0.175 e. The molecule has 0 aromatic heterocycles. The van der Waals surface area contributed by atoms with Gasteiger partial charge in [-0.1, -0.05) is 30.3 Å². The quantitative estimate of drug-likeness (QED) is 0.298. The van der Waals surface area contributed by atoms with E-state index >= 15 is 0 Å². The van der Waals surface area contributed by atoms with Crippen molar-refractivity contribution >= 4 is 5.78 Å². The van der Waals surface area contributed by atoms with Gasteiger partial charge in [0.15, 0.2) is 52.3 Å². The lowest BCUT2D eigenvalue weighted by Crippen LogP contribution is -2.22. The molecule has 0 bridgehead atoms. The van der Waals surface area contributed by atoms with Crippen molar-refractivity contribution in [3.63, 3.8) is 0 Å². The van der Waals surface area contributed by atoms with Crippen molar-refractivity contribution in [2.45, 2.75) is 5.92 Å². The minimum Gasteiger partial charge on any atom is -0.293 e. The van der Waals surface area contributed by atoms with Gasteiger partial charge in [-0.3, -0.25) is 4.79 Å². The van der Waals surface area contributed by atoms with Crippen molar-refractivity contribution in [2.75, 3.05) is 0 Å². The van der Waals surface area contributed by atoms with E-state index in [1.54, 1.807) is 0 Å². The maximum absolute atomic E-state index is 14.4. The van der Waals surface area contributed by atoms with Gasteiger partial charge in [0.25, 0.3) is 0 Å². The molecule has 0 atom stereocenters. The summed E-state index contributed by atoms with van der Waals surface area (Å²) >= 11 is 0. The first-order chi connectivity index (χ1) is 13.6. The van der Waals surface area contributed by atoms with Gasteiger partial charge in [0.05, 0.1) is 5.92 Å². The Kier molecular flexibility index (Phi) is 5.41. The molecule has 0 saturated heterocycles. The molecule has 0 aliphatic carbocycles. The van der Waals surface area contributed by atoms with Crippen LogP contribution in [0.15, 0.2) is 42.5 Å². The molecule has 150 valence electrons. The number of carbonyl (C=O) groups excluding carboxylic acids is 1. The molecule has 0 amide bonds. The van der Waals surface area contributed by atoms with Gasteiger partial charge >= 0.3 is 0 Å². The Hall–Kier alpha value is -3.23. The molecule has 3 aromatic rings. The molecule has 9 heteroatoms. The van der Waals surface area contributed by atoms with Crippen LogP contribution in [0.5, 0.6) is 0 Å². The van der Waals surface area contributed by atoms with Crippen LogP contribution in [0, 0.1) is 46.5 Å². The second-order valence-corrected chi connectivity index (χ2v) is 5.93. The van der Waals surface area contributed by atoms with Crippen LogP contribution < -0.4 is 0 Å². The fraction of sp³-hybridized carbons (Fsp3) is 0.0500. The molecule has 0 aliphatic heterocycles. The van der Waals surface area contributed by atoms with Crippen LogP contribution in [0.25, 0.3) is 0 Å². The molecule has 0 heterocycles. The molecule has 0 unspecified atom stereocenters. The Balaban J connectivity index is 2.43. The van der Waals surface area contributed by atoms with Crippen molar-refractivity contribution in [2.24, 2.45) is 0 Å². The van der Waals surface area contributed by atoms with Crippen molar-refractivity contribution in [3.05, 3.63) is 106 Å². The van der Waals surface area contributed by atoms with Gasteiger partial charge < -0.3 is 0 Å². The van der Waals surface area contributed by atoms with Gasteiger partial charge in [-0.25, -0.2) is 35.1 Å². The first-order valence-electron chi connectivity index (χ1n) is 7.90. The molecule has 0 spiro atoms. The monoisotopic (exact) mass is 416 g/mol. The number of rotatable bonds is 4. The number of Topliss-reactive ketones (excluding diaryl/α,β-unsaturated/α-hetero) is 1. The van der Waals surface area contributed by atoms with E-state index in [1.165, 1.54) is 18.2 Å². The largest absolute Gasteiger partial charge is 0.293 e. The fourth-order valence-electron chi connectivity index (χ4n) is 2.87. The molecular weight excluding hydrogens is 408 g/mol. The highest BCUT2D eigenvalue weighted by Crippen LogP contribution is 2.38. The lowest BCUT2D eigenvalue weighted by Gasteiger charge is -2.20. The van der Waals surface area contributed by atoms with E-state index in [0.717, 1.165) is 12.1 Å².